The molecule has 0 saturated heterocycles. The molecule has 0 bridgehead atoms. The standard InChI is InChI=1S/C12H21N5O2/c1-5-12(4,6-2)16-10-9(17(18)19)8-14-11(15-10)13-7-3/h8H,5-7H2,1-4H3,(H2,13,14,15,16). The quantitative estimate of drug-likeness (QED) is 0.583. The first-order valence-electron chi connectivity index (χ1n) is 6.49. The van der Waals surface area contributed by atoms with Crippen LogP contribution in [-0.2, 0) is 0 Å². The molecule has 0 aliphatic rings. The van der Waals surface area contributed by atoms with Crippen LogP contribution in [0, 0.1) is 10.1 Å². The van der Waals surface area contributed by atoms with Crippen molar-refractivity contribution < 1.29 is 4.92 Å². The third-order valence-corrected chi connectivity index (χ3v) is 3.28. The monoisotopic (exact) mass is 267 g/mol. The molecule has 19 heavy (non-hydrogen) atoms. The Morgan fingerprint density at radius 3 is 2.47 bits per heavy atom. The molecule has 7 nitrogen and oxygen atoms in total. The second-order valence-corrected chi connectivity index (χ2v) is 4.61. The van der Waals surface area contributed by atoms with Gasteiger partial charge in [0.1, 0.15) is 6.20 Å². The minimum absolute atomic E-state index is 0.102. The van der Waals surface area contributed by atoms with Crippen molar-refractivity contribution in [3.63, 3.8) is 0 Å². The number of nitrogens with one attached hydrogen (secondary N) is 2. The Morgan fingerprint density at radius 1 is 1.37 bits per heavy atom. The van der Waals surface area contributed by atoms with Crippen LogP contribution >= 0.6 is 0 Å². The van der Waals surface area contributed by atoms with Gasteiger partial charge >= 0.3 is 5.69 Å². The maximum absolute atomic E-state index is 11.0. The van der Waals surface area contributed by atoms with Crippen LogP contribution in [-0.4, -0.2) is 27.0 Å². The number of rotatable bonds is 7. The zero-order valence-electron chi connectivity index (χ0n) is 11.9. The Labute approximate surface area is 113 Å². The zero-order valence-corrected chi connectivity index (χ0v) is 11.9. The summed E-state index contributed by atoms with van der Waals surface area (Å²) in [6.45, 7) is 8.67. The van der Waals surface area contributed by atoms with E-state index in [1.165, 1.54) is 6.20 Å². The molecule has 106 valence electrons. The lowest BCUT2D eigenvalue weighted by atomic mass is 9.95. The molecule has 7 heteroatoms. The van der Waals surface area contributed by atoms with Crippen LogP contribution in [0.15, 0.2) is 6.20 Å². The van der Waals surface area contributed by atoms with Gasteiger partial charge in [0, 0.05) is 12.1 Å². The lowest BCUT2D eigenvalue weighted by molar-refractivity contribution is -0.384. The number of aromatic nitrogens is 2. The molecule has 1 aromatic heterocycles. The van der Waals surface area contributed by atoms with Gasteiger partial charge in [0.05, 0.1) is 4.92 Å². The Kier molecular flexibility index (Phi) is 5.02. The molecule has 0 amide bonds. The topological polar surface area (TPSA) is 93.0 Å². The Hall–Kier alpha value is -1.92. The molecule has 0 aliphatic carbocycles. The van der Waals surface area contributed by atoms with Crippen molar-refractivity contribution >= 4 is 17.5 Å². The molecule has 0 atom stereocenters. The van der Waals surface area contributed by atoms with E-state index in [0.717, 1.165) is 12.8 Å². The fourth-order valence-corrected chi connectivity index (χ4v) is 1.56. The highest BCUT2D eigenvalue weighted by Crippen LogP contribution is 2.27. The van der Waals surface area contributed by atoms with Crippen molar-refractivity contribution in [2.75, 3.05) is 17.2 Å². The lowest BCUT2D eigenvalue weighted by Gasteiger charge is -2.28. The predicted octanol–water partition coefficient (Wildman–Crippen LogP) is 2.81. The van der Waals surface area contributed by atoms with Crippen LogP contribution in [0.5, 0.6) is 0 Å². The van der Waals surface area contributed by atoms with E-state index in [4.69, 9.17) is 0 Å². The van der Waals surface area contributed by atoms with Crippen LogP contribution in [0.4, 0.5) is 17.5 Å². The molecule has 0 spiro atoms. The first-order valence-corrected chi connectivity index (χ1v) is 6.49. The summed E-state index contributed by atoms with van der Waals surface area (Å²) in [5.41, 5.74) is -0.322. The summed E-state index contributed by atoms with van der Waals surface area (Å²) >= 11 is 0. The summed E-state index contributed by atoms with van der Waals surface area (Å²) in [5, 5.41) is 17.1. The van der Waals surface area contributed by atoms with Crippen LogP contribution in [0.3, 0.4) is 0 Å². The third-order valence-electron chi connectivity index (χ3n) is 3.28. The molecule has 1 heterocycles. The third kappa shape index (κ3) is 3.77. The Balaban J connectivity index is 3.13. The number of hydrogen-bond acceptors (Lipinski definition) is 6. The first kappa shape index (κ1) is 15.1. The molecule has 1 aromatic rings. The Morgan fingerprint density at radius 2 is 2.00 bits per heavy atom. The van der Waals surface area contributed by atoms with Gasteiger partial charge < -0.3 is 10.6 Å². The molecule has 0 unspecified atom stereocenters. The van der Waals surface area contributed by atoms with Gasteiger partial charge in [-0.1, -0.05) is 13.8 Å². The van der Waals surface area contributed by atoms with Gasteiger partial charge in [0.15, 0.2) is 0 Å². The van der Waals surface area contributed by atoms with E-state index in [0.29, 0.717) is 12.5 Å². The van der Waals surface area contributed by atoms with E-state index in [1.54, 1.807) is 0 Å². The van der Waals surface area contributed by atoms with E-state index in [1.807, 2.05) is 27.7 Å². The minimum atomic E-state index is -0.468. The summed E-state index contributed by atoms with van der Waals surface area (Å²) in [4.78, 5) is 18.7. The summed E-state index contributed by atoms with van der Waals surface area (Å²) in [5.74, 6) is 0.660. The first-order chi connectivity index (χ1) is 8.95. The average Bonchev–Trinajstić information content (AvgIpc) is 2.39. The summed E-state index contributed by atoms with van der Waals surface area (Å²) in [6, 6.07) is 0. The van der Waals surface area contributed by atoms with Gasteiger partial charge in [-0.05, 0) is 26.7 Å². The zero-order chi connectivity index (χ0) is 14.5. The van der Waals surface area contributed by atoms with E-state index in [9.17, 15) is 10.1 Å². The van der Waals surface area contributed by atoms with E-state index in [2.05, 4.69) is 20.6 Å². The Bertz CT molecular complexity index is 446. The second kappa shape index (κ2) is 6.31. The molecular weight excluding hydrogens is 246 g/mol. The number of nitro groups is 1. The summed E-state index contributed by atoms with van der Waals surface area (Å²) in [6.07, 6.45) is 2.93. The van der Waals surface area contributed by atoms with Crippen molar-refractivity contribution in [2.45, 2.75) is 46.1 Å². The van der Waals surface area contributed by atoms with E-state index in [-0.39, 0.29) is 17.0 Å². The molecule has 0 aromatic carbocycles. The molecule has 0 aliphatic heterocycles. The van der Waals surface area contributed by atoms with Gasteiger partial charge in [-0.15, -0.1) is 0 Å². The molecule has 2 N–H and O–H groups in total. The summed E-state index contributed by atoms with van der Waals surface area (Å²) in [7, 11) is 0. The van der Waals surface area contributed by atoms with Gasteiger partial charge in [-0.2, -0.15) is 4.98 Å². The molecule has 0 saturated carbocycles. The maximum Gasteiger partial charge on any atom is 0.329 e. The van der Waals surface area contributed by atoms with E-state index < -0.39 is 4.92 Å². The SMILES string of the molecule is CCNc1ncc([N+](=O)[O-])c(NC(C)(CC)CC)n1. The van der Waals surface area contributed by atoms with Gasteiger partial charge in [-0.3, -0.25) is 10.1 Å². The van der Waals surface area contributed by atoms with Gasteiger partial charge in [0.25, 0.3) is 0 Å². The molecule has 1 rings (SSSR count). The lowest BCUT2D eigenvalue weighted by Crippen LogP contribution is -2.33. The van der Waals surface area contributed by atoms with Crippen LogP contribution in [0.2, 0.25) is 0 Å². The normalized spacial score (nSPS) is 11.2. The highest BCUT2D eigenvalue weighted by Gasteiger charge is 2.25. The number of nitrogens with zero attached hydrogens (tertiary/aromatic N) is 3. The maximum atomic E-state index is 11.0. The fraction of sp³-hybridized carbons (Fsp3) is 0.667. The largest absolute Gasteiger partial charge is 0.359 e. The highest BCUT2D eigenvalue weighted by atomic mass is 16.6. The van der Waals surface area contributed by atoms with Gasteiger partial charge in [-0.25, -0.2) is 4.98 Å². The second-order valence-electron chi connectivity index (χ2n) is 4.61. The predicted molar refractivity (Wildman–Crippen MR) is 75.5 cm³/mol. The minimum Gasteiger partial charge on any atom is -0.359 e. The molecule has 0 radical (unpaired) electrons. The van der Waals surface area contributed by atoms with Gasteiger partial charge in [0.2, 0.25) is 11.8 Å². The van der Waals surface area contributed by atoms with Crippen molar-refractivity contribution in [1.29, 1.82) is 0 Å². The number of anilines is 2. The average molecular weight is 267 g/mol. The van der Waals surface area contributed by atoms with Crippen LogP contribution < -0.4 is 10.6 Å². The highest BCUT2D eigenvalue weighted by molar-refractivity contribution is 5.58. The fourth-order valence-electron chi connectivity index (χ4n) is 1.56. The molecule has 0 fully saturated rings. The van der Waals surface area contributed by atoms with Crippen molar-refractivity contribution in [3.05, 3.63) is 16.3 Å². The van der Waals surface area contributed by atoms with Crippen LogP contribution in [0.1, 0.15) is 40.5 Å². The van der Waals surface area contributed by atoms with Crippen molar-refractivity contribution in [1.82, 2.24) is 9.97 Å². The van der Waals surface area contributed by atoms with Crippen molar-refractivity contribution in [2.24, 2.45) is 0 Å². The van der Waals surface area contributed by atoms with Crippen LogP contribution in [0.25, 0.3) is 0 Å². The number of hydrogen-bond donors (Lipinski definition) is 2. The van der Waals surface area contributed by atoms with Crippen molar-refractivity contribution in [3.8, 4) is 0 Å². The van der Waals surface area contributed by atoms with E-state index >= 15 is 0 Å². The molecular formula is C12H21N5O2. The summed E-state index contributed by atoms with van der Waals surface area (Å²) < 4.78 is 0. The smallest absolute Gasteiger partial charge is 0.329 e.